The molecule has 0 atom stereocenters. The Balaban J connectivity index is 1.54. The Kier molecular flexibility index (Phi) is 8.08. The van der Waals surface area contributed by atoms with Crippen LogP contribution >= 0.6 is 11.6 Å². The summed E-state index contributed by atoms with van der Waals surface area (Å²) in [6, 6.07) is 12.0. The maximum absolute atomic E-state index is 14.0. The molecule has 2 aromatic rings. The van der Waals surface area contributed by atoms with Crippen LogP contribution < -0.4 is 5.32 Å². The molecular weight excluding hydrogens is 439 g/mol. The van der Waals surface area contributed by atoms with Gasteiger partial charge in [-0.25, -0.2) is 17.1 Å². The molecular formula is C23H28ClFN2O3S. The van der Waals surface area contributed by atoms with E-state index < -0.39 is 21.6 Å². The first-order valence-corrected chi connectivity index (χ1v) is 12.6. The number of nitrogens with zero attached hydrogens (tertiary/aromatic N) is 1. The Morgan fingerprint density at radius 1 is 1.16 bits per heavy atom. The van der Waals surface area contributed by atoms with E-state index in [4.69, 9.17) is 11.6 Å². The SMILES string of the molecule is CCCCc1ccc(NC(=O)C2CCN(S(=O)(=O)Cc3c(F)cccc3Cl)CC2)cc1. The van der Waals surface area contributed by atoms with Crippen molar-refractivity contribution < 1.29 is 17.6 Å². The largest absolute Gasteiger partial charge is 0.326 e. The zero-order chi connectivity index (χ0) is 22.4. The second-order valence-corrected chi connectivity index (χ2v) is 10.3. The molecule has 1 fully saturated rings. The molecule has 0 aromatic heterocycles. The van der Waals surface area contributed by atoms with E-state index in [9.17, 15) is 17.6 Å². The number of halogens is 2. The second kappa shape index (κ2) is 10.6. The monoisotopic (exact) mass is 466 g/mol. The number of hydrogen-bond acceptors (Lipinski definition) is 3. The molecule has 1 N–H and O–H groups in total. The molecule has 1 aliphatic rings. The molecule has 2 aromatic carbocycles. The van der Waals surface area contributed by atoms with Crippen LogP contribution in [0.2, 0.25) is 5.02 Å². The van der Waals surface area contributed by atoms with Crippen molar-refractivity contribution in [3.63, 3.8) is 0 Å². The number of aryl methyl sites for hydroxylation is 1. The summed E-state index contributed by atoms with van der Waals surface area (Å²) in [7, 11) is -3.72. The summed E-state index contributed by atoms with van der Waals surface area (Å²) in [4.78, 5) is 12.6. The highest BCUT2D eigenvalue weighted by Crippen LogP contribution is 2.26. The number of sulfonamides is 1. The zero-order valence-electron chi connectivity index (χ0n) is 17.6. The number of benzene rings is 2. The molecule has 0 saturated carbocycles. The molecule has 8 heteroatoms. The molecule has 0 unspecified atom stereocenters. The van der Waals surface area contributed by atoms with Gasteiger partial charge < -0.3 is 5.32 Å². The van der Waals surface area contributed by atoms with E-state index in [-0.39, 0.29) is 35.5 Å². The van der Waals surface area contributed by atoms with Gasteiger partial charge in [-0.05, 0) is 55.5 Å². The van der Waals surface area contributed by atoms with E-state index in [0.29, 0.717) is 12.8 Å². The van der Waals surface area contributed by atoms with E-state index in [1.165, 1.54) is 28.1 Å². The number of nitrogens with one attached hydrogen (secondary N) is 1. The van der Waals surface area contributed by atoms with Crippen molar-refractivity contribution in [3.8, 4) is 0 Å². The van der Waals surface area contributed by atoms with Crippen molar-refractivity contribution in [2.45, 2.75) is 44.8 Å². The third kappa shape index (κ3) is 6.28. The molecule has 168 valence electrons. The fraction of sp³-hybridized carbons (Fsp3) is 0.435. The Labute approximate surface area is 188 Å². The van der Waals surface area contributed by atoms with Gasteiger partial charge in [0.15, 0.2) is 0 Å². The predicted molar refractivity (Wildman–Crippen MR) is 122 cm³/mol. The number of piperidine rings is 1. The van der Waals surface area contributed by atoms with Crippen molar-refractivity contribution >= 4 is 33.2 Å². The van der Waals surface area contributed by atoms with Gasteiger partial charge in [-0.2, -0.15) is 0 Å². The summed E-state index contributed by atoms with van der Waals surface area (Å²) < 4.78 is 40.8. The summed E-state index contributed by atoms with van der Waals surface area (Å²) in [6.45, 7) is 2.60. The highest BCUT2D eigenvalue weighted by Gasteiger charge is 2.32. The third-order valence-electron chi connectivity index (χ3n) is 5.65. The number of amides is 1. The number of rotatable bonds is 8. The first-order chi connectivity index (χ1) is 14.8. The van der Waals surface area contributed by atoms with Gasteiger partial charge in [-0.3, -0.25) is 4.79 Å². The Morgan fingerprint density at radius 2 is 1.84 bits per heavy atom. The van der Waals surface area contributed by atoms with E-state index >= 15 is 0 Å². The lowest BCUT2D eigenvalue weighted by atomic mass is 9.97. The standard InChI is InChI=1S/C23H28ClFN2O3S/c1-2-3-5-17-8-10-19(11-9-17)26-23(28)18-12-14-27(15-13-18)31(29,30)16-20-21(24)6-4-7-22(20)25/h4,6-11,18H,2-3,5,12-16H2,1H3,(H,26,28). The predicted octanol–water partition coefficient (Wildman–Crippen LogP) is 5.00. The average Bonchev–Trinajstić information content (AvgIpc) is 2.76. The summed E-state index contributed by atoms with van der Waals surface area (Å²) in [6.07, 6.45) is 4.14. The minimum Gasteiger partial charge on any atom is -0.326 e. The average molecular weight is 467 g/mol. The maximum Gasteiger partial charge on any atom is 0.227 e. The van der Waals surface area contributed by atoms with Gasteiger partial charge in [-0.15, -0.1) is 0 Å². The third-order valence-corrected chi connectivity index (χ3v) is 7.81. The minimum atomic E-state index is -3.72. The minimum absolute atomic E-state index is 0.0218. The van der Waals surface area contributed by atoms with E-state index in [1.54, 1.807) is 0 Å². The lowest BCUT2D eigenvalue weighted by Gasteiger charge is -2.30. The number of anilines is 1. The molecule has 1 saturated heterocycles. The van der Waals surface area contributed by atoms with Crippen LogP contribution in [0.15, 0.2) is 42.5 Å². The van der Waals surface area contributed by atoms with Crippen molar-refractivity contribution in [1.82, 2.24) is 4.31 Å². The van der Waals surface area contributed by atoms with Gasteiger partial charge in [0.2, 0.25) is 15.9 Å². The Bertz CT molecular complexity index is 984. The highest BCUT2D eigenvalue weighted by atomic mass is 35.5. The normalized spacial score (nSPS) is 15.7. The van der Waals surface area contributed by atoms with Crippen LogP contribution in [-0.2, 0) is 27.0 Å². The van der Waals surface area contributed by atoms with Crippen LogP contribution in [-0.4, -0.2) is 31.7 Å². The smallest absolute Gasteiger partial charge is 0.227 e. The van der Waals surface area contributed by atoms with Crippen LogP contribution in [0.1, 0.15) is 43.7 Å². The van der Waals surface area contributed by atoms with Crippen molar-refractivity contribution in [2.75, 3.05) is 18.4 Å². The van der Waals surface area contributed by atoms with E-state index in [2.05, 4.69) is 12.2 Å². The fourth-order valence-electron chi connectivity index (χ4n) is 3.72. The van der Waals surface area contributed by atoms with Crippen molar-refractivity contribution in [3.05, 3.63) is 64.4 Å². The number of carbonyl (C=O) groups excluding carboxylic acids is 1. The van der Waals surface area contributed by atoms with Gasteiger partial charge in [-0.1, -0.05) is 43.1 Å². The molecule has 0 radical (unpaired) electrons. The van der Waals surface area contributed by atoms with Gasteiger partial charge in [0.05, 0.1) is 5.75 Å². The van der Waals surface area contributed by atoms with Crippen LogP contribution in [0.5, 0.6) is 0 Å². The molecule has 31 heavy (non-hydrogen) atoms. The Morgan fingerprint density at radius 3 is 2.45 bits per heavy atom. The van der Waals surface area contributed by atoms with E-state index in [0.717, 1.165) is 24.9 Å². The highest BCUT2D eigenvalue weighted by molar-refractivity contribution is 7.88. The number of unbranched alkanes of at least 4 members (excludes halogenated alkanes) is 1. The van der Waals surface area contributed by atoms with Crippen LogP contribution in [0.25, 0.3) is 0 Å². The first-order valence-electron chi connectivity index (χ1n) is 10.6. The summed E-state index contributed by atoms with van der Waals surface area (Å²) >= 11 is 5.97. The summed E-state index contributed by atoms with van der Waals surface area (Å²) in [5, 5.41) is 3.03. The van der Waals surface area contributed by atoms with Gasteiger partial charge >= 0.3 is 0 Å². The van der Waals surface area contributed by atoms with E-state index in [1.807, 2.05) is 24.3 Å². The molecule has 0 aliphatic carbocycles. The van der Waals surface area contributed by atoms with Gasteiger partial charge in [0, 0.05) is 35.3 Å². The molecule has 1 amide bonds. The van der Waals surface area contributed by atoms with Crippen LogP contribution in [0, 0.1) is 11.7 Å². The summed E-state index contributed by atoms with van der Waals surface area (Å²) in [5.74, 6) is -1.48. The molecule has 0 spiro atoms. The lowest BCUT2D eigenvalue weighted by Crippen LogP contribution is -2.42. The van der Waals surface area contributed by atoms with Crippen LogP contribution in [0.4, 0.5) is 10.1 Å². The second-order valence-electron chi connectivity index (χ2n) is 7.92. The molecule has 1 aliphatic heterocycles. The zero-order valence-corrected chi connectivity index (χ0v) is 19.2. The number of carbonyl (C=O) groups is 1. The quantitative estimate of drug-likeness (QED) is 0.595. The summed E-state index contributed by atoms with van der Waals surface area (Å²) in [5.41, 5.74) is 1.97. The van der Waals surface area contributed by atoms with Gasteiger partial charge in [0.25, 0.3) is 0 Å². The molecule has 0 bridgehead atoms. The van der Waals surface area contributed by atoms with Crippen molar-refractivity contribution in [1.29, 1.82) is 0 Å². The maximum atomic E-state index is 14.0. The lowest BCUT2D eigenvalue weighted by molar-refractivity contribution is -0.120. The van der Waals surface area contributed by atoms with Crippen molar-refractivity contribution in [2.24, 2.45) is 5.92 Å². The molecule has 3 rings (SSSR count). The topological polar surface area (TPSA) is 66.5 Å². The first kappa shape index (κ1) is 23.7. The van der Waals surface area contributed by atoms with Crippen LogP contribution in [0.3, 0.4) is 0 Å². The van der Waals surface area contributed by atoms with Gasteiger partial charge in [0.1, 0.15) is 5.82 Å². The Hall–Kier alpha value is -1.96. The molecule has 5 nitrogen and oxygen atoms in total. The number of hydrogen-bond donors (Lipinski definition) is 1. The fourth-order valence-corrected chi connectivity index (χ4v) is 5.64. The molecule has 1 heterocycles.